The molecule has 0 fully saturated rings. The number of carbonyl (C=O) groups excluding carboxylic acids is 1. The predicted molar refractivity (Wildman–Crippen MR) is 80.5 cm³/mol. The maximum Gasteiger partial charge on any atom is 0.407 e. The van der Waals surface area contributed by atoms with Gasteiger partial charge in [-0.1, -0.05) is 6.07 Å². The number of amides is 1. The molecule has 1 aromatic rings. The van der Waals surface area contributed by atoms with E-state index in [0.717, 1.165) is 6.07 Å². The molecule has 1 aromatic carbocycles. The van der Waals surface area contributed by atoms with Crippen LogP contribution in [0.1, 0.15) is 50.0 Å². The number of carboxylic acid groups (broad SMARTS) is 1. The summed E-state index contributed by atoms with van der Waals surface area (Å²) in [5, 5.41) is 11.8. The van der Waals surface area contributed by atoms with E-state index in [2.05, 4.69) is 5.32 Å². The molecule has 0 saturated heterocycles. The zero-order valence-electron chi connectivity index (χ0n) is 13.3. The van der Waals surface area contributed by atoms with E-state index in [0.29, 0.717) is 18.4 Å². The molecule has 0 aliphatic carbocycles. The third-order valence-corrected chi connectivity index (χ3v) is 2.91. The van der Waals surface area contributed by atoms with Crippen LogP contribution < -0.4 is 5.32 Å². The molecule has 0 bridgehead atoms. The lowest BCUT2D eigenvalue weighted by Crippen LogP contribution is -2.37. The van der Waals surface area contributed by atoms with Crippen molar-refractivity contribution in [3.63, 3.8) is 0 Å². The van der Waals surface area contributed by atoms with Crippen LogP contribution in [0.25, 0.3) is 0 Å². The van der Waals surface area contributed by atoms with Gasteiger partial charge in [0.05, 0.1) is 5.56 Å². The quantitative estimate of drug-likeness (QED) is 0.874. The molecule has 6 heteroatoms. The molecule has 1 amide bonds. The molecule has 1 atom stereocenters. The van der Waals surface area contributed by atoms with Crippen molar-refractivity contribution in [1.29, 1.82) is 0 Å². The Morgan fingerprint density at radius 1 is 1.36 bits per heavy atom. The molecule has 0 aliphatic heterocycles. The van der Waals surface area contributed by atoms with Gasteiger partial charge in [-0.3, -0.25) is 0 Å². The summed E-state index contributed by atoms with van der Waals surface area (Å²) in [6, 6.07) is 3.50. The number of nitrogens with one attached hydrogen (secondary N) is 1. The van der Waals surface area contributed by atoms with Crippen molar-refractivity contribution in [1.82, 2.24) is 5.32 Å². The molecule has 0 saturated carbocycles. The van der Waals surface area contributed by atoms with Gasteiger partial charge in [0, 0.05) is 6.04 Å². The minimum atomic E-state index is -1.16. The third kappa shape index (κ3) is 6.11. The lowest BCUT2D eigenvalue weighted by molar-refractivity contribution is 0.0505. The lowest BCUT2D eigenvalue weighted by Gasteiger charge is -2.22. The average molecular weight is 311 g/mol. The number of rotatable bonds is 5. The van der Waals surface area contributed by atoms with Crippen LogP contribution in [0.5, 0.6) is 0 Å². The lowest BCUT2D eigenvalue weighted by atomic mass is 10.0. The number of aryl methyl sites for hydroxylation is 1. The van der Waals surface area contributed by atoms with Crippen molar-refractivity contribution in [2.24, 2.45) is 0 Å². The number of hydrogen-bond acceptors (Lipinski definition) is 3. The van der Waals surface area contributed by atoms with E-state index in [9.17, 15) is 14.0 Å². The Hall–Kier alpha value is -2.11. The second-order valence-electron chi connectivity index (χ2n) is 6.19. The number of aromatic carboxylic acids is 1. The molecule has 2 N–H and O–H groups in total. The molecule has 0 heterocycles. The van der Waals surface area contributed by atoms with Gasteiger partial charge in [0.1, 0.15) is 11.4 Å². The van der Waals surface area contributed by atoms with Crippen molar-refractivity contribution < 1.29 is 23.8 Å². The van der Waals surface area contributed by atoms with Crippen LogP contribution in [0.3, 0.4) is 0 Å². The summed E-state index contributed by atoms with van der Waals surface area (Å²) < 4.78 is 18.2. The summed E-state index contributed by atoms with van der Waals surface area (Å²) in [7, 11) is 0. The smallest absolute Gasteiger partial charge is 0.407 e. The fraction of sp³-hybridized carbons (Fsp3) is 0.500. The van der Waals surface area contributed by atoms with E-state index in [-0.39, 0.29) is 11.6 Å². The Labute approximate surface area is 129 Å². The number of alkyl carbamates (subject to hydrolysis) is 1. The predicted octanol–water partition coefficient (Wildman–Crippen LogP) is 3.37. The minimum absolute atomic E-state index is 0.0514. The van der Waals surface area contributed by atoms with Gasteiger partial charge in [0.15, 0.2) is 0 Å². The van der Waals surface area contributed by atoms with Gasteiger partial charge in [-0.15, -0.1) is 0 Å². The molecule has 22 heavy (non-hydrogen) atoms. The van der Waals surface area contributed by atoms with Crippen molar-refractivity contribution in [3.05, 3.63) is 35.1 Å². The zero-order chi connectivity index (χ0) is 16.9. The van der Waals surface area contributed by atoms with E-state index in [1.165, 1.54) is 12.1 Å². The molecule has 0 radical (unpaired) electrons. The average Bonchev–Trinajstić information content (AvgIpc) is 2.34. The van der Waals surface area contributed by atoms with Gasteiger partial charge in [-0.05, 0) is 58.2 Å². The molecular weight excluding hydrogens is 289 g/mol. The summed E-state index contributed by atoms with van der Waals surface area (Å²) in [4.78, 5) is 22.7. The summed E-state index contributed by atoms with van der Waals surface area (Å²) in [6.45, 7) is 7.12. The summed E-state index contributed by atoms with van der Waals surface area (Å²) in [6.07, 6.45) is 0.418. The first-order valence-corrected chi connectivity index (χ1v) is 7.09. The fourth-order valence-electron chi connectivity index (χ4n) is 1.92. The first-order chi connectivity index (χ1) is 10.1. The molecule has 122 valence electrons. The largest absolute Gasteiger partial charge is 0.478 e. The normalized spacial score (nSPS) is 12.6. The maximum absolute atomic E-state index is 13.1. The van der Waals surface area contributed by atoms with E-state index in [1.807, 2.05) is 0 Å². The van der Waals surface area contributed by atoms with Gasteiger partial charge in [0.25, 0.3) is 0 Å². The van der Waals surface area contributed by atoms with E-state index >= 15 is 0 Å². The molecule has 0 aliphatic rings. The number of carbonyl (C=O) groups is 2. The van der Waals surface area contributed by atoms with E-state index < -0.39 is 23.5 Å². The molecule has 0 aromatic heterocycles. The number of ether oxygens (including phenoxy) is 1. The van der Waals surface area contributed by atoms with Gasteiger partial charge < -0.3 is 15.2 Å². The SMILES string of the molecule is C[C@H](CCc1ccc(F)cc1C(=O)O)NC(=O)OC(C)(C)C. The standard InChI is InChI=1S/C16H22FNO4/c1-10(18-15(21)22-16(2,3)4)5-6-11-7-8-12(17)9-13(11)14(19)20/h7-10H,5-6H2,1-4H3,(H,18,21)(H,19,20)/t10-/m1/s1. The Morgan fingerprint density at radius 2 is 2.00 bits per heavy atom. The third-order valence-electron chi connectivity index (χ3n) is 2.91. The first-order valence-electron chi connectivity index (χ1n) is 7.09. The number of halogens is 1. The highest BCUT2D eigenvalue weighted by Gasteiger charge is 2.18. The van der Waals surface area contributed by atoms with Crippen LogP contribution in [0, 0.1) is 5.82 Å². The second kappa shape index (κ2) is 7.24. The number of hydrogen-bond donors (Lipinski definition) is 2. The van der Waals surface area contributed by atoms with Crippen LogP contribution in [0.2, 0.25) is 0 Å². The van der Waals surface area contributed by atoms with E-state index in [1.54, 1.807) is 27.7 Å². The number of carboxylic acids is 1. The van der Waals surface area contributed by atoms with Gasteiger partial charge >= 0.3 is 12.1 Å². The molecular formula is C16H22FNO4. The summed E-state index contributed by atoms with van der Waals surface area (Å²) in [5.74, 6) is -1.75. The van der Waals surface area contributed by atoms with Crippen LogP contribution in [0.4, 0.5) is 9.18 Å². The van der Waals surface area contributed by atoms with Crippen LogP contribution in [-0.2, 0) is 11.2 Å². The highest BCUT2D eigenvalue weighted by molar-refractivity contribution is 5.89. The zero-order valence-corrected chi connectivity index (χ0v) is 13.3. The van der Waals surface area contributed by atoms with Gasteiger partial charge in [-0.25, -0.2) is 14.0 Å². The van der Waals surface area contributed by atoms with Crippen molar-refractivity contribution >= 4 is 12.1 Å². The summed E-state index contributed by atoms with van der Waals surface area (Å²) in [5.41, 5.74) is -0.0896. The van der Waals surface area contributed by atoms with Gasteiger partial charge in [-0.2, -0.15) is 0 Å². The Bertz CT molecular complexity index is 552. The van der Waals surface area contributed by atoms with Crippen LogP contribution >= 0.6 is 0 Å². The van der Waals surface area contributed by atoms with Gasteiger partial charge in [0.2, 0.25) is 0 Å². The molecule has 0 spiro atoms. The highest BCUT2D eigenvalue weighted by atomic mass is 19.1. The summed E-state index contributed by atoms with van der Waals surface area (Å²) >= 11 is 0. The Balaban J connectivity index is 2.59. The Kier molecular flexibility index (Phi) is 5.91. The Morgan fingerprint density at radius 3 is 2.55 bits per heavy atom. The van der Waals surface area contributed by atoms with Crippen LogP contribution in [0.15, 0.2) is 18.2 Å². The maximum atomic E-state index is 13.1. The second-order valence-corrected chi connectivity index (χ2v) is 6.19. The van der Waals surface area contributed by atoms with Crippen molar-refractivity contribution in [2.45, 2.75) is 52.2 Å². The van der Waals surface area contributed by atoms with Crippen molar-refractivity contribution in [3.8, 4) is 0 Å². The first kappa shape index (κ1) is 17.9. The number of benzene rings is 1. The highest BCUT2D eigenvalue weighted by Crippen LogP contribution is 2.15. The molecule has 1 rings (SSSR count). The van der Waals surface area contributed by atoms with E-state index in [4.69, 9.17) is 9.84 Å². The molecule has 0 unspecified atom stereocenters. The molecule has 5 nitrogen and oxygen atoms in total. The monoisotopic (exact) mass is 311 g/mol. The van der Waals surface area contributed by atoms with Crippen LogP contribution in [-0.4, -0.2) is 28.8 Å². The fourth-order valence-corrected chi connectivity index (χ4v) is 1.92. The minimum Gasteiger partial charge on any atom is -0.478 e. The topological polar surface area (TPSA) is 75.6 Å². The van der Waals surface area contributed by atoms with Crippen molar-refractivity contribution in [2.75, 3.05) is 0 Å².